The molecule has 2 aromatic rings. The minimum absolute atomic E-state index is 0.000969. The van der Waals surface area contributed by atoms with Crippen molar-refractivity contribution in [2.75, 3.05) is 18.4 Å². The average molecular weight is 403 g/mol. The van der Waals surface area contributed by atoms with Crippen LogP contribution in [0.2, 0.25) is 0 Å². The van der Waals surface area contributed by atoms with Crippen molar-refractivity contribution in [1.29, 1.82) is 0 Å². The normalized spacial score (nSPS) is 24.7. The van der Waals surface area contributed by atoms with Crippen molar-refractivity contribution in [3.05, 3.63) is 81.4 Å². The summed E-state index contributed by atoms with van der Waals surface area (Å²) in [6.45, 7) is 1.68. The van der Waals surface area contributed by atoms with Crippen LogP contribution in [-0.4, -0.2) is 28.8 Å². The van der Waals surface area contributed by atoms with Gasteiger partial charge in [0.15, 0.2) is 0 Å². The van der Waals surface area contributed by atoms with Crippen LogP contribution in [0.3, 0.4) is 0 Å². The monoisotopic (exact) mass is 403 g/mol. The van der Waals surface area contributed by atoms with Gasteiger partial charge in [-0.05, 0) is 60.9 Å². The number of allylic oxidation sites excluding steroid dienone is 2. The lowest BCUT2D eigenvalue weighted by Gasteiger charge is -2.38. The van der Waals surface area contributed by atoms with Crippen molar-refractivity contribution in [2.24, 2.45) is 5.92 Å². The number of nitro groups is 1. The number of carbonyl (C=O) groups excluding carboxylic acids is 1. The highest BCUT2D eigenvalue weighted by molar-refractivity contribution is 5.95. The molecule has 0 radical (unpaired) electrons. The topological polar surface area (TPSA) is 75.5 Å². The fourth-order valence-electron chi connectivity index (χ4n) is 5.17. The standard InChI is InChI=1S/C24H25N3O3/c28-24(26-12-2-1-3-13-26)17-10-11-22-21(15-17)19-8-5-9-20(19)23(25-22)16-6-4-7-18(14-16)27(29)30/h4-8,10-11,14-15,19-20,23,25H,1-3,9,12-13H2/t19-,20+,23-/m1/s1. The van der Waals surface area contributed by atoms with Gasteiger partial charge in [0.25, 0.3) is 11.6 Å². The van der Waals surface area contributed by atoms with Crippen LogP contribution >= 0.6 is 0 Å². The maximum absolute atomic E-state index is 13.0. The summed E-state index contributed by atoms with van der Waals surface area (Å²) in [6, 6.07) is 12.9. The SMILES string of the molecule is O=C(c1ccc2c(c1)[C@@H]1C=CC[C@@H]1[C@@H](c1cccc([N+](=O)[O-])c1)N2)N1CCCCC1. The summed E-state index contributed by atoms with van der Waals surface area (Å²) in [4.78, 5) is 25.8. The number of benzene rings is 2. The summed E-state index contributed by atoms with van der Waals surface area (Å²) >= 11 is 0. The third-order valence-electron chi connectivity index (χ3n) is 6.69. The van der Waals surface area contributed by atoms with Gasteiger partial charge in [0.2, 0.25) is 0 Å². The van der Waals surface area contributed by atoms with Crippen LogP contribution < -0.4 is 5.32 Å². The summed E-state index contributed by atoms with van der Waals surface area (Å²) in [5.74, 6) is 0.608. The molecule has 2 aliphatic heterocycles. The zero-order chi connectivity index (χ0) is 20.7. The Labute approximate surface area is 175 Å². The Hall–Kier alpha value is -3.15. The van der Waals surface area contributed by atoms with Crippen LogP contribution in [0.1, 0.15) is 59.1 Å². The molecular formula is C24H25N3O3. The van der Waals surface area contributed by atoms with E-state index in [1.54, 1.807) is 12.1 Å². The molecular weight excluding hydrogens is 378 g/mol. The van der Waals surface area contributed by atoms with Crippen LogP contribution in [-0.2, 0) is 0 Å². The van der Waals surface area contributed by atoms with Gasteiger partial charge in [-0.2, -0.15) is 0 Å². The molecule has 1 aliphatic carbocycles. The van der Waals surface area contributed by atoms with Crippen molar-refractivity contribution in [3.8, 4) is 0 Å². The number of nitrogens with one attached hydrogen (secondary N) is 1. The number of rotatable bonds is 3. The molecule has 6 heteroatoms. The van der Waals surface area contributed by atoms with Gasteiger partial charge in [-0.15, -0.1) is 0 Å². The van der Waals surface area contributed by atoms with Crippen LogP contribution in [0.5, 0.6) is 0 Å². The van der Waals surface area contributed by atoms with E-state index in [2.05, 4.69) is 23.5 Å². The molecule has 1 amide bonds. The first-order valence-electron chi connectivity index (χ1n) is 10.7. The second-order valence-electron chi connectivity index (χ2n) is 8.48. The molecule has 5 rings (SSSR count). The first-order chi connectivity index (χ1) is 14.6. The summed E-state index contributed by atoms with van der Waals surface area (Å²) in [6.07, 6.45) is 8.69. The Bertz CT molecular complexity index is 1030. The number of hydrogen-bond donors (Lipinski definition) is 1. The maximum Gasteiger partial charge on any atom is 0.269 e. The smallest absolute Gasteiger partial charge is 0.269 e. The number of nitrogens with zero attached hydrogens (tertiary/aromatic N) is 2. The molecule has 1 fully saturated rings. The van der Waals surface area contributed by atoms with E-state index >= 15 is 0 Å². The molecule has 0 aromatic heterocycles. The molecule has 0 bridgehead atoms. The third-order valence-corrected chi connectivity index (χ3v) is 6.69. The number of piperidine rings is 1. The minimum Gasteiger partial charge on any atom is -0.378 e. The molecule has 1 saturated heterocycles. The van der Waals surface area contributed by atoms with Crippen LogP contribution in [0, 0.1) is 16.0 Å². The van der Waals surface area contributed by atoms with Gasteiger partial charge in [0.1, 0.15) is 0 Å². The molecule has 6 nitrogen and oxygen atoms in total. The van der Waals surface area contributed by atoms with Crippen molar-refractivity contribution >= 4 is 17.3 Å². The van der Waals surface area contributed by atoms with E-state index in [0.717, 1.165) is 54.7 Å². The zero-order valence-electron chi connectivity index (χ0n) is 16.8. The first-order valence-corrected chi connectivity index (χ1v) is 10.7. The van der Waals surface area contributed by atoms with E-state index in [4.69, 9.17) is 0 Å². The van der Waals surface area contributed by atoms with E-state index in [9.17, 15) is 14.9 Å². The number of hydrogen-bond acceptors (Lipinski definition) is 4. The maximum atomic E-state index is 13.0. The molecule has 3 aliphatic rings. The van der Waals surface area contributed by atoms with Gasteiger partial charge in [-0.1, -0.05) is 24.3 Å². The van der Waals surface area contributed by atoms with E-state index in [1.807, 2.05) is 23.1 Å². The Morgan fingerprint density at radius 1 is 1.10 bits per heavy atom. The van der Waals surface area contributed by atoms with Gasteiger partial charge in [-0.3, -0.25) is 14.9 Å². The van der Waals surface area contributed by atoms with Crippen molar-refractivity contribution in [2.45, 2.75) is 37.6 Å². The number of anilines is 1. The molecule has 30 heavy (non-hydrogen) atoms. The Balaban J connectivity index is 1.47. The number of carbonyl (C=O) groups is 1. The molecule has 0 spiro atoms. The second kappa shape index (κ2) is 7.59. The number of nitro benzene ring substituents is 1. The highest BCUT2D eigenvalue weighted by Gasteiger charge is 2.38. The molecule has 154 valence electrons. The van der Waals surface area contributed by atoms with E-state index in [0.29, 0.717) is 0 Å². The summed E-state index contributed by atoms with van der Waals surface area (Å²) in [5.41, 5.74) is 3.96. The number of likely N-dealkylation sites (tertiary alicyclic amines) is 1. The fourth-order valence-corrected chi connectivity index (χ4v) is 5.17. The molecule has 2 heterocycles. The molecule has 0 unspecified atom stereocenters. The van der Waals surface area contributed by atoms with Gasteiger partial charge in [-0.25, -0.2) is 0 Å². The van der Waals surface area contributed by atoms with E-state index in [1.165, 1.54) is 12.5 Å². The Morgan fingerprint density at radius 3 is 2.73 bits per heavy atom. The molecule has 2 aromatic carbocycles. The van der Waals surface area contributed by atoms with Crippen LogP contribution in [0.25, 0.3) is 0 Å². The van der Waals surface area contributed by atoms with Gasteiger partial charge < -0.3 is 10.2 Å². The van der Waals surface area contributed by atoms with Gasteiger partial charge >= 0.3 is 0 Å². The predicted molar refractivity (Wildman–Crippen MR) is 116 cm³/mol. The molecule has 1 N–H and O–H groups in total. The van der Waals surface area contributed by atoms with Gasteiger partial charge in [0, 0.05) is 42.4 Å². The van der Waals surface area contributed by atoms with Crippen LogP contribution in [0.4, 0.5) is 11.4 Å². The van der Waals surface area contributed by atoms with E-state index < -0.39 is 0 Å². The van der Waals surface area contributed by atoms with Crippen molar-refractivity contribution in [3.63, 3.8) is 0 Å². The lowest BCUT2D eigenvalue weighted by Crippen LogP contribution is -2.36. The first kappa shape index (κ1) is 18.9. The minimum atomic E-state index is -0.344. The predicted octanol–water partition coefficient (Wildman–Crippen LogP) is 5.05. The highest BCUT2D eigenvalue weighted by atomic mass is 16.6. The average Bonchev–Trinajstić information content (AvgIpc) is 3.29. The number of non-ortho nitro benzene ring substituents is 1. The summed E-state index contributed by atoms with van der Waals surface area (Å²) in [7, 11) is 0. The van der Waals surface area contributed by atoms with Crippen molar-refractivity contribution < 1.29 is 9.72 Å². The third kappa shape index (κ3) is 3.26. The summed E-state index contributed by atoms with van der Waals surface area (Å²) in [5, 5.41) is 14.8. The lowest BCUT2D eigenvalue weighted by atomic mass is 9.76. The number of amides is 1. The second-order valence-corrected chi connectivity index (χ2v) is 8.48. The highest BCUT2D eigenvalue weighted by Crippen LogP contribution is 2.50. The largest absolute Gasteiger partial charge is 0.378 e. The van der Waals surface area contributed by atoms with Crippen molar-refractivity contribution in [1.82, 2.24) is 4.90 Å². The fraction of sp³-hybridized carbons (Fsp3) is 0.375. The lowest BCUT2D eigenvalue weighted by molar-refractivity contribution is -0.384. The Kier molecular flexibility index (Phi) is 4.77. The van der Waals surface area contributed by atoms with Crippen LogP contribution in [0.15, 0.2) is 54.6 Å². The molecule has 0 saturated carbocycles. The Morgan fingerprint density at radius 2 is 1.93 bits per heavy atom. The van der Waals surface area contributed by atoms with E-state index in [-0.39, 0.29) is 34.4 Å². The molecule has 3 atom stereocenters. The van der Waals surface area contributed by atoms with Gasteiger partial charge in [0.05, 0.1) is 11.0 Å². The number of fused-ring (bicyclic) bond motifs is 3. The summed E-state index contributed by atoms with van der Waals surface area (Å²) < 4.78 is 0. The quantitative estimate of drug-likeness (QED) is 0.442. The zero-order valence-corrected chi connectivity index (χ0v) is 16.8.